The monoisotopic (exact) mass is 449 g/mol. The highest BCUT2D eigenvalue weighted by atomic mass is 19.2. The molecule has 0 saturated heterocycles. The van der Waals surface area contributed by atoms with E-state index in [9.17, 15) is 17.6 Å². The van der Waals surface area contributed by atoms with Crippen LogP contribution in [0.4, 0.5) is 17.6 Å². The van der Waals surface area contributed by atoms with Gasteiger partial charge >= 0.3 is 0 Å². The molecule has 166 valence electrons. The molecule has 0 aliphatic heterocycles. The molecule has 2 nitrogen and oxygen atoms in total. The fourth-order valence-corrected chi connectivity index (χ4v) is 3.29. The molecule has 4 rings (SSSR count). The van der Waals surface area contributed by atoms with Gasteiger partial charge < -0.3 is 4.74 Å². The molecule has 0 fully saturated rings. The minimum Gasteiger partial charge on any atom is -0.492 e. The summed E-state index contributed by atoms with van der Waals surface area (Å²) in [7, 11) is 0. The van der Waals surface area contributed by atoms with E-state index in [1.54, 1.807) is 12.1 Å². The zero-order valence-electron chi connectivity index (χ0n) is 17.8. The van der Waals surface area contributed by atoms with E-state index in [0.29, 0.717) is 29.0 Å². The molecular formula is C27H19F4NO. The third-order valence-electron chi connectivity index (χ3n) is 5.08. The Morgan fingerprint density at radius 2 is 1.64 bits per heavy atom. The summed E-state index contributed by atoms with van der Waals surface area (Å²) in [5, 5.41) is 0.543. The van der Waals surface area contributed by atoms with Crippen LogP contribution in [-0.4, -0.2) is 11.6 Å². The second-order valence-corrected chi connectivity index (χ2v) is 7.44. The van der Waals surface area contributed by atoms with Gasteiger partial charge in [0.1, 0.15) is 17.4 Å². The van der Waals surface area contributed by atoms with E-state index in [-0.39, 0.29) is 16.5 Å². The number of hydrogen-bond donors (Lipinski definition) is 0. The van der Waals surface area contributed by atoms with Crippen LogP contribution in [0.3, 0.4) is 0 Å². The van der Waals surface area contributed by atoms with E-state index in [1.807, 2.05) is 0 Å². The molecule has 0 bridgehead atoms. The maximum atomic E-state index is 14.6. The lowest BCUT2D eigenvalue weighted by Gasteiger charge is -2.07. The quantitative estimate of drug-likeness (QED) is 0.185. The van der Waals surface area contributed by atoms with Crippen molar-refractivity contribution in [3.8, 4) is 28.8 Å². The first-order valence-electron chi connectivity index (χ1n) is 10.4. The molecule has 0 atom stereocenters. The Morgan fingerprint density at radius 1 is 0.848 bits per heavy atom. The Kier molecular flexibility index (Phi) is 6.60. The molecule has 1 aromatic heterocycles. The van der Waals surface area contributed by atoms with Crippen LogP contribution >= 0.6 is 0 Å². The molecule has 0 radical (unpaired) electrons. The van der Waals surface area contributed by atoms with E-state index in [2.05, 4.69) is 23.7 Å². The van der Waals surface area contributed by atoms with Gasteiger partial charge in [0.25, 0.3) is 0 Å². The first kappa shape index (κ1) is 22.3. The zero-order chi connectivity index (χ0) is 23.4. The van der Waals surface area contributed by atoms with Crippen molar-refractivity contribution >= 4 is 10.8 Å². The average Bonchev–Trinajstić information content (AvgIpc) is 2.81. The Labute approximate surface area is 188 Å². The average molecular weight is 449 g/mol. The van der Waals surface area contributed by atoms with Crippen LogP contribution in [0.25, 0.3) is 22.0 Å². The van der Waals surface area contributed by atoms with Crippen LogP contribution in [0.5, 0.6) is 5.75 Å². The lowest BCUT2D eigenvalue weighted by Crippen LogP contribution is -1.97. The van der Waals surface area contributed by atoms with E-state index in [1.165, 1.54) is 42.6 Å². The van der Waals surface area contributed by atoms with Gasteiger partial charge in [-0.2, -0.15) is 0 Å². The summed E-state index contributed by atoms with van der Waals surface area (Å²) in [4.78, 5) is 4.22. The lowest BCUT2D eigenvalue weighted by atomic mass is 10.0. The number of pyridine rings is 1. The number of fused-ring (bicyclic) bond motifs is 1. The van der Waals surface area contributed by atoms with Crippen molar-refractivity contribution in [2.45, 2.75) is 19.8 Å². The predicted molar refractivity (Wildman–Crippen MR) is 120 cm³/mol. The molecule has 0 aliphatic carbocycles. The van der Waals surface area contributed by atoms with E-state index in [4.69, 9.17) is 4.74 Å². The molecule has 0 saturated carbocycles. The van der Waals surface area contributed by atoms with Crippen molar-refractivity contribution in [3.63, 3.8) is 0 Å². The Bertz CT molecular complexity index is 1350. The summed E-state index contributed by atoms with van der Waals surface area (Å²) in [6.07, 6.45) is 3.46. The molecule has 33 heavy (non-hydrogen) atoms. The highest BCUT2D eigenvalue weighted by Crippen LogP contribution is 2.25. The summed E-state index contributed by atoms with van der Waals surface area (Å²) >= 11 is 0. The van der Waals surface area contributed by atoms with Crippen LogP contribution < -0.4 is 4.74 Å². The highest BCUT2D eigenvalue weighted by Gasteiger charge is 2.12. The SMILES string of the molecule is CCCCOc1ccc(-c2cc(F)c(C#Cc3ccc4c(F)c(F)ccc4c3)c(F)c2)nc1. The minimum absolute atomic E-state index is 0.108. The van der Waals surface area contributed by atoms with Crippen molar-refractivity contribution in [1.82, 2.24) is 4.98 Å². The molecule has 4 aromatic rings. The van der Waals surface area contributed by atoms with Crippen molar-refractivity contribution in [1.29, 1.82) is 0 Å². The van der Waals surface area contributed by atoms with Gasteiger partial charge in [-0.3, -0.25) is 4.98 Å². The molecule has 1 heterocycles. The van der Waals surface area contributed by atoms with Gasteiger partial charge in [-0.15, -0.1) is 0 Å². The molecule has 0 N–H and O–H groups in total. The van der Waals surface area contributed by atoms with Gasteiger partial charge in [0.05, 0.1) is 24.1 Å². The Hall–Kier alpha value is -3.85. The molecule has 0 amide bonds. The Balaban J connectivity index is 1.58. The van der Waals surface area contributed by atoms with Crippen molar-refractivity contribution in [2.24, 2.45) is 0 Å². The van der Waals surface area contributed by atoms with Crippen LogP contribution in [0.2, 0.25) is 0 Å². The summed E-state index contributed by atoms with van der Waals surface area (Å²) in [5.74, 6) is 2.23. The minimum atomic E-state index is -0.950. The highest BCUT2D eigenvalue weighted by molar-refractivity contribution is 5.84. The summed E-state index contributed by atoms with van der Waals surface area (Å²) in [6.45, 7) is 2.64. The van der Waals surface area contributed by atoms with Gasteiger partial charge in [-0.25, -0.2) is 17.6 Å². The Morgan fingerprint density at radius 3 is 2.33 bits per heavy atom. The second kappa shape index (κ2) is 9.74. The number of rotatable bonds is 5. The number of unbranched alkanes of at least 4 members (excludes halogenated alkanes) is 1. The third kappa shape index (κ3) is 4.98. The first-order chi connectivity index (χ1) is 16.0. The fraction of sp³-hybridized carbons (Fsp3) is 0.148. The summed E-state index contributed by atoms with van der Waals surface area (Å²) < 4.78 is 62.0. The van der Waals surface area contributed by atoms with Crippen LogP contribution in [0.1, 0.15) is 30.9 Å². The number of ether oxygens (including phenoxy) is 1. The van der Waals surface area contributed by atoms with E-state index in [0.717, 1.165) is 18.9 Å². The molecule has 0 aliphatic rings. The van der Waals surface area contributed by atoms with Crippen LogP contribution in [0.15, 0.2) is 60.8 Å². The number of hydrogen-bond acceptors (Lipinski definition) is 2. The predicted octanol–water partition coefficient (Wildman–Crippen LogP) is 7.04. The van der Waals surface area contributed by atoms with Gasteiger partial charge in [0, 0.05) is 16.5 Å². The zero-order valence-corrected chi connectivity index (χ0v) is 17.8. The number of aromatic nitrogens is 1. The maximum Gasteiger partial charge on any atom is 0.166 e. The van der Waals surface area contributed by atoms with Crippen LogP contribution in [-0.2, 0) is 0 Å². The molecule has 0 unspecified atom stereocenters. The third-order valence-corrected chi connectivity index (χ3v) is 5.08. The smallest absolute Gasteiger partial charge is 0.166 e. The van der Waals surface area contributed by atoms with Crippen molar-refractivity contribution in [3.05, 3.63) is 95.2 Å². The molecular weight excluding hydrogens is 430 g/mol. The van der Waals surface area contributed by atoms with Gasteiger partial charge in [-0.1, -0.05) is 37.3 Å². The lowest BCUT2D eigenvalue weighted by molar-refractivity contribution is 0.308. The van der Waals surface area contributed by atoms with Crippen molar-refractivity contribution in [2.75, 3.05) is 6.61 Å². The van der Waals surface area contributed by atoms with Gasteiger partial charge in [0.15, 0.2) is 11.6 Å². The molecule has 0 spiro atoms. The second-order valence-electron chi connectivity index (χ2n) is 7.44. The van der Waals surface area contributed by atoms with Gasteiger partial charge in [-0.05, 0) is 54.3 Å². The van der Waals surface area contributed by atoms with Gasteiger partial charge in [0.2, 0.25) is 0 Å². The topological polar surface area (TPSA) is 22.1 Å². The molecule has 3 aromatic carbocycles. The summed E-state index contributed by atoms with van der Waals surface area (Å²) in [6, 6.07) is 12.5. The fourth-order valence-electron chi connectivity index (χ4n) is 3.29. The van der Waals surface area contributed by atoms with Crippen LogP contribution in [0, 0.1) is 35.1 Å². The summed E-state index contributed by atoms with van der Waals surface area (Å²) in [5.41, 5.74) is 0.707. The largest absolute Gasteiger partial charge is 0.492 e. The number of halogens is 4. The molecule has 6 heteroatoms. The normalized spacial score (nSPS) is 10.7. The number of nitrogens with zero attached hydrogens (tertiary/aromatic N) is 1. The maximum absolute atomic E-state index is 14.6. The standard InChI is InChI=1S/C27H19F4NO/c1-2-3-12-33-20-7-11-26(32-16-20)19-14-24(29)22(25(30)15-19)9-5-17-4-8-21-18(13-17)6-10-23(28)27(21)31/h4,6-8,10-11,13-16H,2-3,12H2,1H3. The van der Waals surface area contributed by atoms with E-state index >= 15 is 0 Å². The number of benzene rings is 3. The van der Waals surface area contributed by atoms with Crippen molar-refractivity contribution < 1.29 is 22.3 Å². The first-order valence-corrected chi connectivity index (χ1v) is 10.4. The van der Waals surface area contributed by atoms with E-state index < -0.39 is 23.3 Å².